The van der Waals surface area contributed by atoms with Gasteiger partial charge >= 0.3 is 0 Å². The van der Waals surface area contributed by atoms with E-state index in [1.807, 2.05) is 24.3 Å². The quantitative estimate of drug-likeness (QED) is 0.644. The Kier molecular flexibility index (Phi) is 5.29. The molecule has 4 rings (SSSR count). The number of nitriles is 1. The minimum absolute atomic E-state index is 0.0520. The van der Waals surface area contributed by atoms with Gasteiger partial charge in [0.05, 0.1) is 29.3 Å². The summed E-state index contributed by atoms with van der Waals surface area (Å²) < 4.78 is 5.61. The predicted molar refractivity (Wildman–Crippen MR) is 110 cm³/mol. The minimum Gasteiger partial charge on any atom is -0.491 e. The maximum Gasteiger partial charge on any atom is 0.261 e. The van der Waals surface area contributed by atoms with Gasteiger partial charge in [0, 0.05) is 0 Å². The molecule has 2 amide bonds. The first-order valence-corrected chi connectivity index (χ1v) is 9.43. The Morgan fingerprint density at radius 2 is 1.40 bits per heavy atom. The highest BCUT2D eigenvalue weighted by Gasteiger charge is 2.36. The molecule has 0 radical (unpaired) electrons. The number of carbonyl (C=O) groups excluding carboxylic acids is 2. The third-order valence-electron chi connectivity index (χ3n) is 4.92. The van der Waals surface area contributed by atoms with Crippen LogP contribution in [0.15, 0.2) is 72.8 Å². The molecular formula is C24H18N2O4. The maximum atomic E-state index is 12.4. The van der Waals surface area contributed by atoms with E-state index in [4.69, 9.17) is 10.00 Å². The van der Waals surface area contributed by atoms with Crippen LogP contribution in [-0.2, 0) is 0 Å². The zero-order valence-corrected chi connectivity index (χ0v) is 16.0. The number of rotatable bonds is 6. The van der Waals surface area contributed by atoms with Crippen LogP contribution >= 0.6 is 0 Å². The highest BCUT2D eigenvalue weighted by atomic mass is 16.5. The van der Waals surface area contributed by atoms with Gasteiger partial charge in [0.1, 0.15) is 18.5 Å². The van der Waals surface area contributed by atoms with Crippen LogP contribution in [0.25, 0.3) is 11.1 Å². The molecule has 3 aromatic carbocycles. The van der Waals surface area contributed by atoms with Crippen LogP contribution < -0.4 is 4.74 Å². The zero-order valence-electron chi connectivity index (χ0n) is 16.0. The summed E-state index contributed by atoms with van der Waals surface area (Å²) >= 11 is 0. The van der Waals surface area contributed by atoms with Crippen molar-refractivity contribution in [1.82, 2.24) is 4.90 Å². The van der Waals surface area contributed by atoms with Crippen LogP contribution in [0.1, 0.15) is 26.3 Å². The second-order valence-corrected chi connectivity index (χ2v) is 6.94. The minimum atomic E-state index is -1.01. The summed E-state index contributed by atoms with van der Waals surface area (Å²) in [7, 11) is 0. The van der Waals surface area contributed by atoms with E-state index in [1.165, 1.54) is 0 Å². The molecule has 148 valence electrons. The lowest BCUT2D eigenvalue weighted by molar-refractivity contribution is 0.0457. The molecule has 1 aliphatic rings. The molecule has 0 spiro atoms. The van der Waals surface area contributed by atoms with Crippen molar-refractivity contribution in [3.05, 3.63) is 89.5 Å². The summed E-state index contributed by atoms with van der Waals surface area (Å²) in [4.78, 5) is 25.8. The lowest BCUT2D eigenvalue weighted by Gasteiger charge is -2.19. The number of carbonyl (C=O) groups is 2. The fourth-order valence-electron chi connectivity index (χ4n) is 3.34. The SMILES string of the molecule is N#Cc1ccc(-c2ccc(OC[C@H](O)CN3C(=O)c4ccccc4C3=O)cc2)cc1. The smallest absolute Gasteiger partial charge is 0.261 e. The number of benzene rings is 3. The van der Waals surface area contributed by atoms with Gasteiger partial charge in [-0.1, -0.05) is 36.4 Å². The normalized spacial score (nSPS) is 13.7. The lowest BCUT2D eigenvalue weighted by atomic mass is 10.0. The largest absolute Gasteiger partial charge is 0.491 e. The summed E-state index contributed by atoms with van der Waals surface area (Å²) in [5, 5.41) is 19.1. The molecule has 0 aromatic heterocycles. The number of ether oxygens (including phenoxy) is 1. The van der Waals surface area contributed by atoms with E-state index in [0.717, 1.165) is 16.0 Å². The molecule has 0 aliphatic carbocycles. The van der Waals surface area contributed by atoms with Crippen LogP contribution in [0.4, 0.5) is 0 Å². The van der Waals surface area contributed by atoms with E-state index in [9.17, 15) is 14.7 Å². The van der Waals surface area contributed by atoms with Crippen molar-refractivity contribution in [2.75, 3.05) is 13.2 Å². The molecule has 0 bridgehead atoms. The number of aliphatic hydroxyl groups excluding tert-OH is 1. The number of aliphatic hydroxyl groups is 1. The summed E-state index contributed by atoms with van der Waals surface area (Å²) in [6.07, 6.45) is -1.01. The highest BCUT2D eigenvalue weighted by molar-refractivity contribution is 6.21. The van der Waals surface area contributed by atoms with Crippen LogP contribution in [0.2, 0.25) is 0 Å². The topological polar surface area (TPSA) is 90.6 Å². The zero-order chi connectivity index (χ0) is 21.1. The van der Waals surface area contributed by atoms with Crippen molar-refractivity contribution in [3.63, 3.8) is 0 Å². The van der Waals surface area contributed by atoms with Crippen molar-refractivity contribution >= 4 is 11.8 Å². The number of hydrogen-bond acceptors (Lipinski definition) is 5. The van der Waals surface area contributed by atoms with Gasteiger partial charge in [-0.05, 0) is 47.5 Å². The molecule has 0 unspecified atom stereocenters. The van der Waals surface area contributed by atoms with Crippen molar-refractivity contribution in [2.45, 2.75) is 6.10 Å². The third-order valence-corrected chi connectivity index (χ3v) is 4.92. The summed E-state index contributed by atoms with van der Waals surface area (Å²) in [5.74, 6) is -0.239. The molecule has 6 heteroatoms. The average Bonchev–Trinajstić information content (AvgIpc) is 3.03. The lowest BCUT2D eigenvalue weighted by Crippen LogP contribution is -2.39. The molecule has 6 nitrogen and oxygen atoms in total. The molecule has 30 heavy (non-hydrogen) atoms. The number of β-amino-alcohol motifs (C(OH)–C–C–N with tert-alkyl or cyclic N) is 1. The standard InChI is InChI=1S/C24H18N2O4/c25-13-16-5-7-17(8-6-16)18-9-11-20(12-10-18)30-15-19(27)14-26-23(28)21-3-1-2-4-22(21)24(26)29/h1-12,19,27H,14-15H2/t19-/m1/s1. The molecule has 1 N–H and O–H groups in total. The second kappa shape index (κ2) is 8.19. The third kappa shape index (κ3) is 3.79. The summed E-state index contributed by atoms with van der Waals surface area (Å²) in [6.45, 7) is -0.181. The Balaban J connectivity index is 1.34. The molecule has 0 saturated heterocycles. The van der Waals surface area contributed by atoms with Gasteiger partial charge in [-0.25, -0.2) is 0 Å². The van der Waals surface area contributed by atoms with Gasteiger partial charge in [-0.15, -0.1) is 0 Å². The van der Waals surface area contributed by atoms with Gasteiger partial charge in [0.15, 0.2) is 0 Å². The molecule has 0 fully saturated rings. The fourth-order valence-corrected chi connectivity index (χ4v) is 3.34. The molecule has 0 saturated carbocycles. The summed E-state index contributed by atoms with van der Waals surface area (Å²) in [6, 6.07) is 23.3. The van der Waals surface area contributed by atoms with Gasteiger partial charge in [-0.3, -0.25) is 14.5 Å². The first-order chi connectivity index (χ1) is 14.6. The first kappa shape index (κ1) is 19.4. The van der Waals surface area contributed by atoms with Crippen LogP contribution in [0.5, 0.6) is 5.75 Å². The van der Waals surface area contributed by atoms with Crippen LogP contribution in [-0.4, -0.2) is 41.1 Å². The Morgan fingerprint density at radius 1 is 0.867 bits per heavy atom. The highest BCUT2D eigenvalue weighted by Crippen LogP contribution is 2.24. The first-order valence-electron chi connectivity index (χ1n) is 9.43. The number of nitrogens with zero attached hydrogens (tertiary/aromatic N) is 2. The van der Waals surface area contributed by atoms with Gasteiger partial charge < -0.3 is 9.84 Å². The van der Waals surface area contributed by atoms with Crippen molar-refractivity contribution < 1.29 is 19.4 Å². The Morgan fingerprint density at radius 3 is 1.93 bits per heavy atom. The Labute approximate surface area is 173 Å². The molecule has 1 heterocycles. The van der Waals surface area contributed by atoms with Gasteiger partial charge in [-0.2, -0.15) is 5.26 Å². The van der Waals surface area contributed by atoms with Crippen LogP contribution in [0.3, 0.4) is 0 Å². The Bertz CT molecular complexity index is 1100. The Hall–Kier alpha value is -3.95. The molecule has 1 atom stereocenters. The molecular weight excluding hydrogens is 380 g/mol. The number of imide groups is 1. The van der Waals surface area contributed by atoms with E-state index < -0.39 is 17.9 Å². The van der Waals surface area contributed by atoms with E-state index in [-0.39, 0.29) is 13.2 Å². The number of amides is 2. The fraction of sp³-hybridized carbons (Fsp3) is 0.125. The van der Waals surface area contributed by atoms with Crippen molar-refractivity contribution in [2.24, 2.45) is 0 Å². The molecule has 3 aromatic rings. The molecule has 1 aliphatic heterocycles. The number of fused-ring (bicyclic) bond motifs is 1. The van der Waals surface area contributed by atoms with Gasteiger partial charge in [0.25, 0.3) is 11.8 Å². The van der Waals surface area contributed by atoms with Crippen molar-refractivity contribution in [1.29, 1.82) is 5.26 Å². The van der Waals surface area contributed by atoms with Crippen LogP contribution in [0, 0.1) is 11.3 Å². The second-order valence-electron chi connectivity index (χ2n) is 6.94. The average molecular weight is 398 g/mol. The summed E-state index contributed by atoms with van der Waals surface area (Å²) in [5.41, 5.74) is 3.26. The van der Waals surface area contributed by atoms with E-state index in [2.05, 4.69) is 6.07 Å². The van der Waals surface area contributed by atoms with Crippen molar-refractivity contribution in [3.8, 4) is 22.9 Å². The predicted octanol–water partition coefficient (Wildman–Crippen LogP) is 3.26. The number of hydrogen-bond donors (Lipinski definition) is 1. The van der Waals surface area contributed by atoms with Gasteiger partial charge in [0.2, 0.25) is 0 Å². The maximum absolute atomic E-state index is 12.4. The van der Waals surface area contributed by atoms with E-state index >= 15 is 0 Å². The van der Waals surface area contributed by atoms with E-state index in [0.29, 0.717) is 22.4 Å². The monoisotopic (exact) mass is 398 g/mol. The van der Waals surface area contributed by atoms with E-state index in [1.54, 1.807) is 48.5 Å².